The minimum Gasteiger partial charge on any atom is -0.493 e. The SMILES string of the molecule is CCNC(=NCc1ccc(OC)c(OC)c1OC)NCC1(CC)CCCC1.I. The molecule has 0 atom stereocenters. The summed E-state index contributed by atoms with van der Waals surface area (Å²) < 4.78 is 16.4. The van der Waals surface area contributed by atoms with E-state index in [-0.39, 0.29) is 24.0 Å². The number of rotatable bonds is 9. The summed E-state index contributed by atoms with van der Waals surface area (Å²) in [5.74, 6) is 2.76. The first-order chi connectivity index (χ1) is 13.1. The molecule has 160 valence electrons. The standard InChI is InChI=1S/C21H35N3O3.HI/c1-6-21(12-8-9-13-21)15-24-20(22-7-2)23-14-16-10-11-17(25-3)19(27-5)18(16)26-4;/h10-11H,6-9,12-15H2,1-5H3,(H2,22,23,24);1H. The van der Waals surface area contributed by atoms with Crippen molar-refractivity contribution < 1.29 is 14.2 Å². The highest BCUT2D eigenvalue weighted by molar-refractivity contribution is 14.0. The zero-order chi connectivity index (χ0) is 19.7. The Balaban J connectivity index is 0.00000392. The molecule has 28 heavy (non-hydrogen) atoms. The normalized spacial score (nSPS) is 15.5. The van der Waals surface area contributed by atoms with Gasteiger partial charge in [0, 0.05) is 18.7 Å². The zero-order valence-electron chi connectivity index (χ0n) is 17.9. The summed E-state index contributed by atoms with van der Waals surface area (Å²) in [6.45, 7) is 6.68. The first-order valence-corrected chi connectivity index (χ1v) is 9.93. The van der Waals surface area contributed by atoms with Gasteiger partial charge in [0.15, 0.2) is 17.5 Å². The van der Waals surface area contributed by atoms with Gasteiger partial charge in [-0.15, -0.1) is 24.0 Å². The van der Waals surface area contributed by atoms with Crippen molar-refractivity contribution in [1.82, 2.24) is 10.6 Å². The molecule has 0 spiro atoms. The average molecular weight is 505 g/mol. The van der Waals surface area contributed by atoms with Crippen LogP contribution in [-0.4, -0.2) is 40.4 Å². The molecule has 1 aromatic carbocycles. The van der Waals surface area contributed by atoms with Crippen LogP contribution in [-0.2, 0) is 6.54 Å². The lowest BCUT2D eigenvalue weighted by Crippen LogP contribution is -2.42. The van der Waals surface area contributed by atoms with Crippen molar-refractivity contribution in [3.63, 3.8) is 0 Å². The number of nitrogens with one attached hydrogen (secondary N) is 2. The quantitative estimate of drug-likeness (QED) is 0.297. The third-order valence-electron chi connectivity index (χ3n) is 5.58. The Labute approximate surface area is 186 Å². The molecule has 2 N–H and O–H groups in total. The molecule has 0 bridgehead atoms. The largest absolute Gasteiger partial charge is 0.493 e. The number of hydrogen-bond acceptors (Lipinski definition) is 4. The van der Waals surface area contributed by atoms with Gasteiger partial charge in [-0.25, -0.2) is 4.99 Å². The molecule has 0 amide bonds. The minimum absolute atomic E-state index is 0. The summed E-state index contributed by atoms with van der Waals surface area (Å²) in [5, 5.41) is 6.90. The molecule has 7 heteroatoms. The smallest absolute Gasteiger partial charge is 0.203 e. The van der Waals surface area contributed by atoms with E-state index in [0.717, 1.165) is 24.6 Å². The van der Waals surface area contributed by atoms with E-state index in [4.69, 9.17) is 19.2 Å². The highest BCUT2D eigenvalue weighted by atomic mass is 127. The van der Waals surface area contributed by atoms with E-state index < -0.39 is 0 Å². The second-order valence-electron chi connectivity index (χ2n) is 7.10. The van der Waals surface area contributed by atoms with Crippen molar-refractivity contribution >= 4 is 29.9 Å². The Morgan fingerprint density at radius 1 is 1.00 bits per heavy atom. The Morgan fingerprint density at radius 3 is 2.21 bits per heavy atom. The second kappa shape index (κ2) is 12.2. The fourth-order valence-corrected chi connectivity index (χ4v) is 3.85. The molecule has 1 aliphatic carbocycles. The minimum atomic E-state index is 0. The van der Waals surface area contributed by atoms with Crippen LogP contribution in [0.1, 0.15) is 51.5 Å². The highest BCUT2D eigenvalue weighted by Gasteiger charge is 2.31. The van der Waals surface area contributed by atoms with Crippen LogP contribution >= 0.6 is 24.0 Å². The van der Waals surface area contributed by atoms with Crippen LogP contribution in [0, 0.1) is 5.41 Å². The summed E-state index contributed by atoms with van der Waals surface area (Å²) in [5.41, 5.74) is 1.37. The van der Waals surface area contributed by atoms with E-state index in [1.807, 2.05) is 12.1 Å². The van der Waals surface area contributed by atoms with Gasteiger partial charge in [0.05, 0.1) is 27.9 Å². The Kier molecular flexibility index (Phi) is 10.8. The molecule has 1 fully saturated rings. The molecule has 1 aliphatic rings. The van der Waals surface area contributed by atoms with E-state index in [2.05, 4.69) is 24.5 Å². The predicted octanol–water partition coefficient (Wildman–Crippen LogP) is 4.36. The number of nitrogens with zero attached hydrogens (tertiary/aromatic N) is 1. The van der Waals surface area contributed by atoms with Crippen molar-refractivity contribution in [1.29, 1.82) is 0 Å². The van der Waals surface area contributed by atoms with Crippen LogP contribution in [0.4, 0.5) is 0 Å². The second-order valence-corrected chi connectivity index (χ2v) is 7.10. The summed E-state index contributed by atoms with van der Waals surface area (Å²) in [7, 11) is 4.87. The maximum atomic E-state index is 5.56. The van der Waals surface area contributed by atoms with E-state index >= 15 is 0 Å². The monoisotopic (exact) mass is 505 g/mol. The molecule has 0 radical (unpaired) electrons. The summed E-state index contributed by atoms with van der Waals surface area (Å²) in [6.07, 6.45) is 6.50. The van der Waals surface area contributed by atoms with E-state index in [9.17, 15) is 0 Å². The summed E-state index contributed by atoms with van der Waals surface area (Å²) >= 11 is 0. The molecule has 2 rings (SSSR count). The average Bonchev–Trinajstić information content (AvgIpc) is 3.18. The van der Waals surface area contributed by atoms with Gasteiger partial charge in [-0.05, 0) is 43.7 Å². The predicted molar refractivity (Wildman–Crippen MR) is 126 cm³/mol. The molecule has 0 aliphatic heterocycles. The van der Waals surface area contributed by atoms with Crippen molar-refractivity contribution in [2.75, 3.05) is 34.4 Å². The molecular formula is C21H36IN3O3. The number of methoxy groups -OCH3 is 3. The molecule has 1 saturated carbocycles. The highest BCUT2D eigenvalue weighted by Crippen LogP contribution is 2.41. The fourth-order valence-electron chi connectivity index (χ4n) is 3.85. The summed E-state index contributed by atoms with van der Waals surface area (Å²) in [4.78, 5) is 4.77. The van der Waals surface area contributed by atoms with Crippen LogP contribution in [0.2, 0.25) is 0 Å². The van der Waals surface area contributed by atoms with Crippen LogP contribution in [0.3, 0.4) is 0 Å². The first-order valence-electron chi connectivity index (χ1n) is 9.93. The molecule has 0 unspecified atom stereocenters. The number of benzene rings is 1. The van der Waals surface area contributed by atoms with E-state index in [0.29, 0.717) is 29.2 Å². The maximum Gasteiger partial charge on any atom is 0.203 e. The molecule has 0 heterocycles. The van der Waals surface area contributed by atoms with Gasteiger partial charge in [-0.1, -0.05) is 19.8 Å². The van der Waals surface area contributed by atoms with Gasteiger partial charge >= 0.3 is 0 Å². The van der Waals surface area contributed by atoms with Crippen LogP contribution < -0.4 is 24.8 Å². The van der Waals surface area contributed by atoms with Crippen LogP contribution in [0.25, 0.3) is 0 Å². The van der Waals surface area contributed by atoms with E-state index in [1.165, 1.54) is 32.1 Å². The number of halogens is 1. The lowest BCUT2D eigenvalue weighted by atomic mass is 9.83. The molecule has 0 aromatic heterocycles. The topological polar surface area (TPSA) is 64.1 Å². The van der Waals surface area contributed by atoms with Crippen LogP contribution in [0.15, 0.2) is 17.1 Å². The molecule has 0 saturated heterocycles. The third kappa shape index (κ3) is 6.06. The maximum absolute atomic E-state index is 5.56. The number of hydrogen-bond donors (Lipinski definition) is 2. The number of guanidine groups is 1. The molecular weight excluding hydrogens is 469 g/mol. The summed E-state index contributed by atoms with van der Waals surface area (Å²) in [6, 6.07) is 3.86. The number of aliphatic imine (C=N–C) groups is 1. The van der Waals surface area contributed by atoms with Gasteiger partial charge in [0.25, 0.3) is 0 Å². The Bertz CT molecular complexity index is 632. The van der Waals surface area contributed by atoms with Gasteiger partial charge in [0.1, 0.15) is 0 Å². The van der Waals surface area contributed by atoms with Crippen molar-refractivity contribution in [3.8, 4) is 17.2 Å². The first kappa shape index (κ1) is 24.7. The lowest BCUT2D eigenvalue weighted by Gasteiger charge is -2.28. The molecule has 6 nitrogen and oxygen atoms in total. The van der Waals surface area contributed by atoms with Gasteiger partial charge in [-0.2, -0.15) is 0 Å². The Hall–Kier alpha value is -1.38. The lowest BCUT2D eigenvalue weighted by molar-refractivity contribution is 0.283. The van der Waals surface area contributed by atoms with Crippen molar-refractivity contribution in [2.24, 2.45) is 10.4 Å². The Morgan fingerprint density at radius 2 is 1.68 bits per heavy atom. The third-order valence-corrected chi connectivity index (χ3v) is 5.58. The van der Waals surface area contributed by atoms with Gasteiger partial charge in [0.2, 0.25) is 5.75 Å². The van der Waals surface area contributed by atoms with Crippen molar-refractivity contribution in [2.45, 2.75) is 52.5 Å². The number of ether oxygens (including phenoxy) is 3. The van der Waals surface area contributed by atoms with Crippen LogP contribution in [0.5, 0.6) is 17.2 Å². The van der Waals surface area contributed by atoms with Gasteiger partial charge < -0.3 is 24.8 Å². The van der Waals surface area contributed by atoms with Crippen molar-refractivity contribution in [3.05, 3.63) is 17.7 Å². The van der Waals surface area contributed by atoms with E-state index in [1.54, 1.807) is 21.3 Å². The zero-order valence-corrected chi connectivity index (χ0v) is 20.2. The molecule has 1 aromatic rings. The van der Waals surface area contributed by atoms with Gasteiger partial charge in [-0.3, -0.25) is 0 Å². The fraction of sp³-hybridized carbons (Fsp3) is 0.667.